The Bertz CT molecular complexity index is 537. The molecule has 1 saturated heterocycles. The molecule has 0 bridgehead atoms. The summed E-state index contributed by atoms with van der Waals surface area (Å²) in [5.41, 5.74) is 7.00. The molecule has 0 radical (unpaired) electrons. The number of thioether (sulfide) groups is 1. The molecule has 1 fully saturated rings. The lowest BCUT2D eigenvalue weighted by atomic mass is 10.0. The molecule has 0 amide bonds. The number of nitrogens with zero attached hydrogens (tertiary/aromatic N) is 2. The van der Waals surface area contributed by atoms with Crippen LogP contribution >= 0.6 is 11.8 Å². The molecule has 1 aliphatic heterocycles. The second-order valence-corrected chi connectivity index (χ2v) is 6.71. The van der Waals surface area contributed by atoms with Crippen molar-refractivity contribution in [3.63, 3.8) is 0 Å². The number of hydrogen-bond acceptors (Lipinski definition) is 5. The number of benzene rings is 1. The monoisotopic (exact) mass is 337 g/mol. The van der Waals surface area contributed by atoms with Gasteiger partial charge < -0.3 is 15.3 Å². The summed E-state index contributed by atoms with van der Waals surface area (Å²) in [6.07, 6.45) is 5.80. The van der Waals surface area contributed by atoms with Gasteiger partial charge in [-0.25, -0.2) is 0 Å². The standard InChI is InChI=1S/C17H27N3O2S/c1-13-6-4-5-9-20(13)11-17(18)19-22-12-14-7-8-16(23-3)15(10-14)21-2/h7-8,10,13H,4-6,9,11-12H2,1-3H3,(H2,18,19). The summed E-state index contributed by atoms with van der Waals surface area (Å²) in [5, 5.41) is 4.05. The van der Waals surface area contributed by atoms with E-state index in [0.717, 1.165) is 22.8 Å². The van der Waals surface area contributed by atoms with E-state index in [2.05, 4.69) is 17.0 Å². The van der Waals surface area contributed by atoms with Gasteiger partial charge in [-0.15, -0.1) is 11.8 Å². The second kappa shape index (κ2) is 9.03. The van der Waals surface area contributed by atoms with E-state index in [0.29, 0.717) is 25.0 Å². The first-order chi connectivity index (χ1) is 11.1. The Morgan fingerprint density at radius 3 is 2.96 bits per heavy atom. The first kappa shape index (κ1) is 17.9. The minimum Gasteiger partial charge on any atom is -0.496 e. The maximum absolute atomic E-state index is 5.99. The van der Waals surface area contributed by atoms with Crippen LogP contribution in [0.2, 0.25) is 0 Å². The van der Waals surface area contributed by atoms with Crippen LogP contribution < -0.4 is 10.5 Å². The van der Waals surface area contributed by atoms with Crippen LogP contribution in [0, 0.1) is 0 Å². The fourth-order valence-electron chi connectivity index (χ4n) is 2.79. The zero-order valence-electron chi connectivity index (χ0n) is 14.2. The zero-order valence-corrected chi connectivity index (χ0v) is 15.1. The average Bonchev–Trinajstić information content (AvgIpc) is 2.56. The number of hydrogen-bond donors (Lipinski definition) is 1. The van der Waals surface area contributed by atoms with Crippen LogP contribution in [-0.2, 0) is 11.4 Å². The molecule has 0 aromatic heterocycles. The topological polar surface area (TPSA) is 60.1 Å². The molecule has 2 N–H and O–H groups in total. The van der Waals surface area contributed by atoms with E-state index in [4.69, 9.17) is 15.3 Å². The minimum atomic E-state index is 0.390. The lowest BCUT2D eigenvalue weighted by molar-refractivity contribution is 0.125. The van der Waals surface area contributed by atoms with Crippen molar-refractivity contribution >= 4 is 17.6 Å². The lowest BCUT2D eigenvalue weighted by Crippen LogP contribution is -2.42. The van der Waals surface area contributed by atoms with Gasteiger partial charge in [0, 0.05) is 10.9 Å². The van der Waals surface area contributed by atoms with E-state index < -0.39 is 0 Å². The highest BCUT2D eigenvalue weighted by Gasteiger charge is 2.18. The Labute approximate surface area is 143 Å². The summed E-state index contributed by atoms with van der Waals surface area (Å²) in [6, 6.07) is 6.60. The van der Waals surface area contributed by atoms with Crippen molar-refractivity contribution in [1.29, 1.82) is 0 Å². The average molecular weight is 337 g/mol. The summed E-state index contributed by atoms with van der Waals surface area (Å²) < 4.78 is 5.37. The van der Waals surface area contributed by atoms with E-state index >= 15 is 0 Å². The van der Waals surface area contributed by atoms with E-state index in [1.807, 2.05) is 24.5 Å². The fourth-order valence-corrected chi connectivity index (χ4v) is 3.34. The van der Waals surface area contributed by atoms with Gasteiger partial charge in [-0.3, -0.25) is 4.90 Å². The van der Waals surface area contributed by atoms with E-state index in [1.165, 1.54) is 19.3 Å². The van der Waals surface area contributed by atoms with E-state index in [1.54, 1.807) is 18.9 Å². The fraction of sp³-hybridized carbons (Fsp3) is 0.588. The maximum atomic E-state index is 5.99. The molecule has 1 unspecified atom stereocenters. The van der Waals surface area contributed by atoms with Crippen molar-refractivity contribution < 1.29 is 9.57 Å². The van der Waals surface area contributed by atoms with Crippen LogP contribution in [-0.4, -0.2) is 43.2 Å². The zero-order chi connectivity index (χ0) is 16.7. The first-order valence-corrected chi connectivity index (χ1v) is 9.25. The van der Waals surface area contributed by atoms with Gasteiger partial charge in [0.2, 0.25) is 0 Å². The van der Waals surface area contributed by atoms with Gasteiger partial charge in [-0.05, 0) is 50.3 Å². The normalized spacial score (nSPS) is 19.6. The van der Waals surface area contributed by atoms with Crippen molar-refractivity contribution in [2.24, 2.45) is 10.9 Å². The maximum Gasteiger partial charge on any atom is 0.153 e. The molecule has 5 nitrogen and oxygen atoms in total. The Hall–Kier alpha value is -1.40. The Morgan fingerprint density at radius 1 is 1.43 bits per heavy atom. The van der Waals surface area contributed by atoms with Crippen LogP contribution in [0.15, 0.2) is 28.3 Å². The number of piperidine rings is 1. The number of methoxy groups -OCH3 is 1. The summed E-state index contributed by atoms with van der Waals surface area (Å²) in [7, 11) is 1.68. The van der Waals surface area contributed by atoms with Crippen LogP contribution in [0.1, 0.15) is 31.7 Å². The van der Waals surface area contributed by atoms with Gasteiger partial charge in [-0.1, -0.05) is 17.6 Å². The van der Waals surface area contributed by atoms with Crippen molar-refractivity contribution in [3.05, 3.63) is 23.8 Å². The van der Waals surface area contributed by atoms with Gasteiger partial charge >= 0.3 is 0 Å². The summed E-state index contributed by atoms with van der Waals surface area (Å²) in [6.45, 7) is 4.40. The third kappa shape index (κ3) is 5.32. The number of oxime groups is 1. The van der Waals surface area contributed by atoms with Crippen molar-refractivity contribution in [1.82, 2.24) is 4.90 Å². The SMILES string of the molecule is COc1cc(CO/N=C(/N)CN2CCCCC2C)ccc1SC. The highest BCUT2D eigenvalue weighted by molar-refractivity contribution is 7.98. The molecule has 0 spiro atoms. The van der Waals surface area contributed by atoms with Crippen LogP contribution in [0.25, 0.3) is 0 Å². The molecule has 0 aliphatic carbocycles. The van der Waals surface area contributed by atoms with Crippen molar-refractivity contribution in [3.8, 4) is 5.75 Å². The number of nitrogens with two attached hydrogens (primary N) is 1. The molecule has 6 heteroatoms. The third-order valence-electron chi connectivity index (χ3n) is 4.17. The van der Waals surface area contributed by atoms with Gasteiger partial charge in [0.1, 0.15) is 12.4 Å². The molecular formula is C17H27N3O2S. The molecule has 1 heterocycles. The summed E-state index contributed by atoms with van der Waals surface area (Å²) in [5.74, 6) is 1.39. The van der Waals surface area contributed by atoms with Crippen LogP contribution in [0.3, 0.4) is 0 Å². The van der Waals surface area contributed by atoms with Crippen molar-refractivity contribution in [2.45, 2.75) is 43.7 Å². The third-order valence-corrected chi connectivity index (χ3v) is 4.94. The molecule has 128 valence electrons. The van der Waals surface area contributed by atoms with Gasteiger partial charge in [-0.2, -0.15) is 0 Å². The van der Waals surface area contributed by atoms with Crippen LogP contribution in [0.4, 0.5) is 0 Å². The first-order valence-electron chi connectivity index (χ1n) is 8.03. The number of ether oxygens (including phenoxy) is 1. The Kier molecular flexibility index (Phi) is 7.05. The highest BCUT2D eigenvalue weighted by Crippen LogP contribution is 2.28. The molecule has 1 aliphatic rings. The van der Waals surface area contributed by atoms with Crippen molar-refractivity contribution in [2.75, 3.05) is 26.5 Å². The van der Waals surface area contributed by atoms with Gasteiger partial charge in [0.25, 0.3) is 0 Å². The molecule has 2 rings (SSSR count). The quantitative estimate of drug-likeness (QED) is 0.359. The highest BCUT2D eigenvalue weighted by atomic mass is 32.2. The lowest BCUT2D eigenvalue weighted by Gasteiger charge is -2.32. The van der Waals surface area contributed by atoms with Gasteiger partial charge in [0.05, 0.1) is 13.7 Å². The largest absolute Gasteiger partial charge is 0.496 e. The summed E-state index contributed by atoms with van der Waals surface area (Å²) >= 11 is 1.66. The summed E-state index contributed by atoms with van der Waals surface area (Å²) in [4.78, 5) is 8.88. The molecule has 23 heavy (non-hydrogen) atoms. The molecule has 1 aromatic carbocycles. The molecule has 1 atom stereocenters. The number of rotatable bonds is 7. The molecule has 1 aromatic rings. The number of likely N-dealkylation sites (tertiary alicyclic amines) is 1. The van der Waals surface area contributed by atoms with E-state index in [9.17, 15) is 0 Å². The Morgan fingerprint density at radius 2 is 2.26 bits per heavy atom. The van der Waals surface area contributed by atoms with Crippen LogP contribution in [0.5, 0.6) is 5.75 Å². The Balaban J connectivity index is 1.85. The predicted octanol–water partition coefficient (Wildman–Crippen LogP) is 3.08. The second-order valence-electron chi connectivity index (χ2n) is 5.86. The molecule has 0 saturated carbocycles. The number of amidine groups is 1. The molecular weight excluding hydrogens is 310 g/mol. The van der Waals surface area contributed by atoms with E-state index in [-0.39, 0.29) is 0 Å². The predicted molar refractivity (Wildman–Crippen MR) is 96.1 cm³/mol. The smallest absolute Gasteiger partial charge is 0.153 e. The minimum absolute atomic E-state index is 0.390. The van der Waals surface area contributed by atoms with Gasteiger partial charge in [0.15, 0.2) is 5.84 Å².